The van der Waals surface area contributed by atoms with E-state index in [2.05, 4.69) is 53.1 Å². The van der Waals surface area contributed by atoms with E-state index in [0.29, 0.717) is 44.7 Å². The standard InChI is InChI=1S/C36H39BrN8O3/c1-20-6-9-29(37)40-33(20)41-34(48)28-13-36(19-43-17-35(18-43)10-5-11-35)21(2)32(36)45(28)30(47)16-44-27-8-7-24(25-14-38-23(4)39-15-25)12-26(27)31(42-44)22(3)46/h6-9,12,14-15,21,28,32H,5,10-11,13,16-19H2,1-4H3,(H,40,41,48)/t21-,28+,32?,36+/m1/s1. The third-order valence-corrected chi connectivity index (χ3v) is 11.9. The summed E-state index contributed by atoms with van der Waals surface area (Å²) in [4.78, 5) is 58.7. The number of Topliss-reactive ketones (excluding diaryl/α,β-unsaturated/α-hetero) is 1. The Morgan fingerprint density at radius 2 is 1.79 bits per heavy atom. The Kier molecular flexibility index (Phi) is 7.33. The first-order valence-electron chi connectivity index (χ1n) is 16.8. The van der Waals surface area contributed by atoms with Gasteiger partial charge in [0, 0.05) is 61.4 Å². The van der Waals surface area contributed by atoms with Crippen molar-refractivity contribution in [1.82, 2.24) is 34.5 Å². The second-order valence-electron chi connectivity index (χ2n) is 14.6. The second kappa shape index (κ2) is 11.3. The molecule has 4 aromatic rings. The van der Waals surface area contributed by atoms with Gasteiger partial charge in [0.25, 0.3) is 0 Å². The quantitative estimate of drug-likeness (QED) is 0.195. The summed E-state index contributed by atoms with van der Waals surface area (Å²) in [6.07, 6.45) is 8.05. The van der Waals surface area contributed by atoms with Crippen LogP contribution in [0.25, 0.3) is 22.0 Å². The molecule has 12 heteroatoms. The van der Waals surface area contributed by atoms with Gasteiger partial charge in [-0.05, 0) is 89.7 Å². The summed E-state index contributed by atoms with van der Waals surface area (Å²) in [5.41, 5.74) is 3.88. The summed E-state index contributed by atoms with van der Waals surface area (Å²) < 4.78 is 2.24. The van der Waals surface area contributed by atoms with Gasteiger partial charge in [-0.3, -0.25) is 19.1 Å². The summed E-state index contributed by atoms with van der Waals surface area (Å²) in [6.45, 7) is 10.5. The van der Waals surface area contributed by atoms with Crippen molar-refractivity contribution in [2.24, 2.45) is 16.7 Å². The van der Waals surface area contributed by atoms with Crippen LogP contribution >= 0.6 is 15.9 Å². The van der Waals surface area contributed by atoms with Gasteiger partial charge < -0.3 is 15.1 Å². The molecule has 0 radical (unpaired) electrons. The number of hydrogen-bond acceptors (Lipinski definition) is 8. The number of benzene rings is 1. The van der Waals surface area contributed by atoms with Crippen LogP contribution in [0.4, 0.5) is 5.82 Å². The van der Waals surface area contributed by atoms with E-state index in [9.17, 15) is 14.4 Å². The number of nitrogens with zero attached hydrogens (tertiary/aromatic N) is 7. The molecule has 48 heavy (non-hydrogen) atoms. The lowest BCUT2D eigenvalue weighted by Crippen LogP contribution is -2.60. The van der Waals surface area contributed by atoms with Crippen LogP contribution in [0, 0.1) is 30.6 Å². The van der Waals surface area contributed by atoms with E-state index < -0.39 is 6.04 Å². The Labute approximate surface area is 287 Å². The smallest absolute Gasteiger partial charge is 0.248 e. The van der Waals surface area contributed by atoms with Crippen molar-refractivity contribution in [3.8, 4) is 11.1 Å². The number of nitrogens with one attached hydrogen (secondary N) is 1. The zero-order valence-corrected chi connectivity index (χ0v) is 29.2. The van der Waals surface area contributed by atoms with Crippen molar-refractivity contribution in [1.29, 1.82) is 0 Å². The normalized spacial score (nSPS) is 25.4. The molecule has 3 aromatic heterocycles. The lowest BCUT2D eigenvalue weighted by molar-refractivity contribution is -0.138. The van der Waals surface area contributed by atoms with E-state index in [-0.39, 0.29) is 41.5 Å². The molecule has 2 saturated carbocycles. The molecule has 0 bridgehead atoms. The van der Waals surface area contributed by atoms with Crippen LogP contribution < -0.4 is 5.32 Å². The van der Waals surface area contributed by atoms with Gasteiger partial charge >= 0.3 is 0 Å². The molecule has 2 aliphatic heterocycles. The van der Waals surface area contributed by atoms with E-state index in [0.717, 1.165) is 36.3 Å². The highest BCUT2D eigenvalue weighted by Gasteiger charge is 2.73. The average Bonchev–Trinajstić information content (AvgIpc) is 3.28. The number of fused-ring (bicyclic) bond motifs is 2. The van der Waals surface area contributed by atoms with Crippen LogP contribution in [-0.4, -0.2) is 83.8 Å². The second-order valence-corrected chi connectivity index (χ2v) is 15.4. The highest BCUT2D eigenvalue weighted by Crippen LogP contribution is 2.65. The molecule has 2 saturated heterocycles. The Morgan fingerprint density at radius 3 is 2.48 bits per heavy atom. The Morgan fingerprint density at radius 1 is 1.04 bits per heavy atom. The van der Waals surface area contributed by atoms with Gasteiger partial charge in [0.15, 0.2) is 5.78 Å². The third-order valence-electron chi connectivity index (χ3n) is 11.5. The number of amides is 2. The van der Waals surface area contributed by atoms with Crippen LogP contribution in [0.1, 0.15) is 61.4 Å². The van der Waals surface area contributed by atoms with Crippen molar-refractivity contribution in [2.45, 2.75) is 72.0 Å². The topological polar surface area (TPSA) is 126 Å². The molecule has 1 spiro atoms. The van der Waals surface area contributed by atoms with Crippen molar-refractivity contribution < 1.29 is 14.4 Å². The molecular formula is C36H39BrN8O3. The van der Waals surface area contributed by atoms with Crippen LogP contribution in [0.5, 0.6) is 0 Å². The van der Waals surface area contributed by atoms with Crippen molar-refractivity contribution in [3.05, 3.63) is 64.4 Å². The summed E-state index contributed by atoms with van der Waals surface area (Å²) in [6, 6.07) is 8.78. The first-order valence-corrected chi connectivity index (χ1v) is 17.5. The first kappa shape index (κ1) is 31.3. The number of rotatable bonds is 8. The zero-order valence-electron chi connectivity index (χ0n) is 27.7. The minimum absolute atomic E-state index is 0.0440. The lowest BCUT2D eigenvalue weighted by atomic mass is 9.63. The van der Waals surface area contributed by atoms with Gasteiger partial charge in [0.05, 0.1) is 5.52 Å². The molecular weight excluding hydrogens is 672 g/mol. The minimum atomic E-state index is -0.639. The Balaban J connectivity index is 1.10. The SMILES string of the molecule is CC(=O)c1nn(CC(=O)N2C3[C@@H](C)[C@@]3(CN3CC4(CCC4)C3)C[C@H]2C(=O)Nc2nc(Br)ccc2C)c2ccc(-c3cnc(C)nc3)cc12. The number of aryl methyl sites for hydroxylation is 2. The number of piperidine rings is 1. The maximum absolute atomic E-state index is 14.4. The molecule has 11 nitrogen and oxygen atoms in total. The zero-order chi connectivity index (χ0) is 33.5. The van der Waals surface area contributed by atoms with E-state index >= 15 is 0 Å². The minimum Gasteiger partial charge on any atom is -0.325 e. The molecule has 8 rings (SSSR count). The van der Waals surface area contributed by atoms with E-state index in [1.165, 1.54) is 26.2 Å². The highest BCUT2D eigenvalue weighted by atomic mass is 79.9. The summed E-state index contributed by atoms with van der Waals surface area (Å²) in [7, 11) is 0. The maximum atomic E-state index is 14.4. The predicted octanol–water partition coefficient (Wildman–Crippen LogP) is 5.20. The molecule has 5 heterocycles. The molecule has 2 amide bonds. The van der Waals surface area contributed by atoms with E-state index in [1.807, 2.05) is 49.1 Å². The molecule has 2 aliphatic carbocycles. The van der Waals surface area contributed by atoms with Crippen LogP contribution in [-0.2, 0) is 16.1 Å². The van der Waals surface area contributed by atoms with Gasteiger partial charge in [0.1, 0.15) is 34.5 Å². The molecule has 4 atom stereocenters. The molecule has 4 aliphatic rings. The van der Waals surface area contributed by atoms with E-state index in [1.54, 1.807) is 17.1 Å². The number of pyridine rings is 1. The van der Waals surface area contributed by atoms with Gasteiger partial charge in [-0.1, -0.05) is 25.5 Å². The number of hydrogen-bond donors (Lipinski definition) is 1. The Hall–Kier alpha value is -4.03. The van der Waals surface area contributed by atoms with Crippen LogP contribution in [0.3, 0.4) is 0 Å². The van der Waals surface area contributed by atoms with E-state index in [4.69, 9.17) is 0 Å². The third kappa shape index (κ3) is 5.06. The summed E-state index contributed by atoms with van der Waals surface area (Å²) >= 11 is 3.42. The summed E-state index contributed by atoms with van der Waals surface area (Å²) in [5.74, 6) is 0.837. The average molecular weight is 712 g/mol. The van der Waals surface area contributed by atoms with Crippen LogP contribution in [0.2, 0.25) is 0 Å². The fraction of sp³-hybridized carbons (Fsp3) is 0.472. The number of aromatic nitrogens is 5. The number of halogens is 1. The first-order chi connectivity index (χ1) is 23.0. The molecule has 1 aromatic carbocycles. The fourth-order valence-electron chi connectivity index (χ4n) is 8.75. The number of ketones is 1. The maximum Gasteiger partial charge on any atom is 0.248 e. The van der Waals surface area contributed by atoms with Gasteiger partial charge in [-0.15, -0.1) is 0 Å². The number of carbonyl (C=O) groups is 3. The molecule has 4 fully saturated rings. The predicted molar refractivity (Wildman–Crippen MR) is 184 cm³/mol. The number of carbonyl (C=O) groups excluding carboxylic acids is 3. The number of likely N-dealkylation sites (tertiary alicyclic amines) is 2. The fourth-order valence-corrected chi connectivity index (χ4v) is 9.05. The molecule has 248 valence electrons. The van der Waals surface area contributed by atoms with Crippen molar-refractivity contribution in [2.75, 3.05) is 25.0 Å². The molecule has 1 N–H and O–H groups in total. The lowest BCUT2D eigenvalue weighted by Gasteiger charge is -2.57. The van der Waals surface area contributed by atoms with Gasteiger partial charge in [0.2, 0.25) is 11.8 Å². The largest absolute Gasteiger partial charge is 0.325 e. The van der Waals surface area contributed by atoms with Crippen molar-refractivity contribution in [3.63, 3.8) is 0 Å². The highest BCUT2D eigenvalue weighted by molar-refractivity contribution is 9.10. The van der Waals surface area contributed by atoms with Crippen LogP contribution in [0.15, 0.2) is 47.3 Å². The molecule has 1 unspecified atom stereocenters. The Bertz CT molecular complexity index is 1980. The summed E-state index contributed by atoms with van der Waals surface area (Å²) in [5, 5.41) is 8.35. The number of anilines is 1. The van der Waals surface area contributed by atoms with Gasteiger partial charge in [-0.2, -0.15) is 5.10 Å². The van der Waals surface area contributed by atoms with Gasteiger partial charge in [-0.25, -0.2) is 15.0 Å². The monoisotopic (exact) mass is 710 g/mol. The van der Waals surface area contributed by atoms with Crippen molar-refractivity contribution >= 4 is 50.2 Å².